The highest BCUT2D eigenvalue weighted by Gasteiger charge is 2.26. The number of carbonyl (C=O) groups excluding carboxylic acids is 1. The normalized spacial score (nSPS) is 18.0. The minimum Gasteiger partial charge on any atom is -0.444 e. The van der Waals surface area contributed by atoms with E-state index in [9.17, 15) is 4.79 Å². The average Bonchev–Trinajstić information content (AvgIpc) is 2.97. The fourth-order valence-electron chi connectivity index (χ4n) is 2.82. The zero-order valence-electron chi connectivity index (χ0n) is 14.8. The first kappa shape index (κ1) is 18.3. The Bertz CT molecular complexity index is 474. The van der Waals surface area contributed by atoms with Gasteiger partial charge in [-0.15, -0.1) is 11.3 Å². The first-order chi connectivity index (χ1) is 10.8. The van der Waals surface area contributed by atoms with E-state index in [1.165, 1.54) is 4.88 Å². The summed E-state index contributed by atoms with van der Waals surface area (Å²) in [6, 6.07) is 4.80. The molecule has 0 saturated carbocycles. The van der Waals surface area contributed by atoms with E-state index in [-0.39, 0.29) is 6.09 Å². The maximum absolute atomic E-state index is 12.1. The van der Waals surface area contributed by atoms with E-state index in [1.807, 2.05) is 37.0 Å². The first-order valence-corrected chi connectivity index (χ1v) is 9.45. The minimum atomic E-state index is -0.410. The molecule has 1 aromatic heterocycles. The Labute approximate surface area is 144 Å². The van der Waals surface area contributed by atoms with Crippen molar-refractivity contribution < 1.29 is 9.53 Å². The standard InChI is InChI=1S/C18H30N2O2S/c1-14(12-16-6-5-11-23-16)19-13-15-7-9-20(10-8-15)17(21)22-18(2,3)4/h5-6,11,14-15,19H,7-10,12-13H2,1-4H3. The summed E-state index contributed by atoms with van der Waals surface area (Å²) in [4.78, 5) is 15.3. The quantitative estimate of drug-likeness (QED) is 0.885. The van der Waals surface area contributed by atoms with Crippen LogP contribution in [-0.2, 0) is 11.2 Å². The van der Waals surface area contributed by atoms with Crippen LogP contribution in [-0.4, -0.2) is 42.3 Å². The highest BCUT2D eigenvalue weighted by molar-refractivity contribution is 7.09. The van der Waals surface area contributed by atoms with Gasteiger partial charge in [-0.05, 0) is 70.9 Å². The van der Waals surface area contributed by atoms with Crippen LogP contribution in [0.3, 0.4) is 0 Å². The summed E-state index contributed by atoms with van der Waals surface area (Å²) in [6.45, 7) is 10.6. The maximum Gasteiger partial charge on any atom is 0.410 e. The van der Waals surface area contributed by atoms with Gasteiger partial charge in [-0.2, -0.15) is 0 Å². The molecule has 1 aromatic rings. The van der Waals surface area contributed by atoms with E-state index in [0.717, 1.165) is 38.9 Å². The first-order valence-electron chi connectivity index (χ1n) is 8.57. The van der Waals surface area contributed by atoms with Crippen LogP contribution in [0.15, 0.2) is 17.5 Å². The van der Waals surface area contributed by atoms with Crippen LogP contribution in [0.5, 0.6) is 0 Å². The van der Waals surface area contributed by atoms with Crippen LogP contribution < -0.4 is 5.32 Å². The minimum absolute atomic E-state index is 0.171. The molecule has 4 nitrogen and oxygen atoms in total. The fraction of sp³-hybridized carbons (Fsp3) is 0.722. The number of nitrogens with zero attached hydrogens (tertiary/aromatic N) is 1. The zero-order chi connectivity index (χ0) is 16.9. The van der Waals surface area contributed by atoms with Crippen LogP contribution in [0, 0.1) is 5.92 Å². The third kappa shape index (κ3) is 6.51. The highest BCUT2D eigenvalue weighted by atomic mass is 32.1. The number of thiophene rings is 1. The molecule has 1 N–H and O–H groups in total. The molecule has 1 saturated heterocycles. The van der Waals surface area contributed by atoms with Crippen LogP contribution in [0.25, 0.3) is 0 Å². The molecule has 1 unspecified atom stereocenters. The smallest absolute Gasteiger partial charge is 0.410 e. The SMILES string of the molecule is CC(Cc1cccs1)NCC1CCN(C(=O)OC(C)(C)C)CC1. The van der Waals surface area contributed by atoms with E-state index in [1.54, 1.807) is 0 Å². The van der Waals surface area contributed by atoms with Gasteiger partial charge in [0.05, 0.1) is 0 Å². The van der Waals surface area contributed by atoms with Gasteiger partial charge in [-0.1, -0.05) is 6.07 Å². The van der Waals surface area contributed by atoms with Crippen molar-refractivity contribution in [3.63, 3.8) is 0 Å². The molecule has 2 heterocycles. The van der Waals surface area contributed by atoms with E-state index in [0.29, 0.717) is 12.0 Å². The number of hydrogen-bond donors (Lipinski definition) is 1. The molecular formula is C18H30N2O2S. The molecule has 130 valence electrons. The number of nitrogens with one attached hydrogen (secondary N) is 1. The largest absolute Gasteiger partial charge is 0.444 e. The number of carbonyl (C=O) groups is 1. The molecule has 1 atom stereocenters. The van der Waals surface area contributed by atoms with Crippen molar-refractivity contribution in [2.45, 2.75) is 58.6 Å². The molecule has 0 spiro atoms. The molecule has 1 amide bonds. The zero-order valence-corrected chi connectivity index (χ0v) is 15.6. The van der Waals surface area contributed by atoms with Crippen molar-refractivity contribution in [1.82, 2.24) is 10.2 Å². The topological polar surface area (TPSA) is 41.6 Å². The van der Waals surface area contributed by atoms with Gasteiger partial charge in [-0.3, -0.25) is 0 Å². The predicted octanol–water partition coefficient (Wildman–Crippen LogP) is 3.92. The van der Waals surface area contributed by atoms with Gasteiger partial charge >= 0.3 is 6.09 Å². The van der Waals surface area contributed by atoms with Crippen molar-refractivity contribution >= 4 is 17.4 Å². The molecule has 5 heteroatoms. The number of amides is 1. The maximum atomic E-state index is 12.1. The molecule has 0 radical (unpaired) electrons. The fourth-order valence-corrected chi connectivity index (χ4v) is 3.65. The third-order valence-electron chi connectivity index (χ3n) is 4.11. The van der Waals surface area contributed by atoms with Crippen LogP contribution in [0.2, 0.25) is 0 Å². The van der Waals surface area contributed by atoms with E-state index in [4.69, 9.17) is 4.74 Å². The summed E-state index contributed by atoms with van der Waals surface area (Å²) in [5.41, 5.74) is -0.410. The van der Waals surface area contributed by atoms with Crippen LogP contribution >= 0.6 is 11.3 Å². The number of piperidine rings is 1. The molecule has 23 heavy (non-hydrogen) atoms. The van der Waals surface area contributed by atoms with Gasteiger partial charge < -0.3 is 15.0 Å². The molecular weight excluding hydrogens is 308 g/mol. The third-order valence-corrected chi connectivity index (χ3v) is 5.01. The molecule has 1 fully saturated rings. The van der Waals surface area contributed by atoms with E-state index >= 15 is 0 Å². The Morgan fingerprint density at radius 2 is 2.13 bits per heavy atom. The molecule has 1 aliphatic heterocycles. The summed E-state index contributed by atoms with van der Waals surface area (Å²) >= 11 is 1.82. The Kier molecular flexibility index (Phi) is 6.48. The van der Waals surface area contributed by atoms with E-state index in [2.05, 4.69) is 29.8 Å². The summed E-state index contributed by atoms with van der Waals surface area (Å²) in [5.74, 6) is 0.652. The lowest BCUT2D eigenvalue weighted by Gasteiger charge is -2.34. The molecule has 2 rings (SSSR count). The summed E-state index contributed by atoms with van der Waals surface area (Å²) in [6.07, 6.45) is 3.03. The molecule has 0 aromatic carbocycles. The van der Waals surface area contributed by atoms with Crippen molar-refractivity contribution in [1.29, 1.82) is 0 Å². The van der Waals surface area contributed by atoms with Gasteiger partial charge in [0.15, 0.2) is 0 Å². The second-order valence-electron chi connectivity index (χ2n) is 7.50. The summed E-state index contributed by atoms with van der Waals surface area (Å²) in [7, 11) is 0. The molecule has 1 aliphatic rings. The highest BCUT2D eigenvalue weighted by Crippen LogP contribution is 2.19. The van der Waals surface area contributed by atoms with Gasteiger partial charge in [0.1, 0.15) is 5.60 Å². The lowest BCUT2D eigenvalue weighted by Crippen LogP contribution is -2.44. The van der Waals surface area contributed by atoms with Crippen molar-refractivity contribution in [3.8, 4) is 0 Å². The number of hydrogen-bond acceptors (Lipinski definition) is 4. The summed E-state index contributed by atoms with van der Waals surface area (Å²) < 4.78 is 5.44. The van der Waals surface area contributed by atoms with E-state index < -0.39 is 5.60 Å². The molecule has 0 bridgehead atoms. The van der Waals surface area contributed by atoms with Gasteiger partial charge in [-0.25, -0.2) is 4.79 Å². The van der Waals surface area contributed by atoms with Crippen LogP contribution in [0.4, 0.5) is 4.79 Å². The van der Waals surface area contributed by atoms with Crippen molar-refractivity contribution in [3.05, 3.63) is 22.4 Å². The Morgan fingerprint density at radius 3 is 2.70 bits per heavy atom. The van der Waals surface area contributed by atoms with Gasteiger partial charge in [0.25, 0.3) is 0 Å². The number of likely N-dealkylation sites (tertiary alicyclic amines) is 1. The van der Waals surface area contributed by atoms with Crippen LogP contribution in [0.1, 0.15) is 45.4 Å². The van der Waals surface area contributed by atoms with Crippen molar-refractivity contribution in [2.75, 3.05) is 19.6 Å². The van der Waals surface area contributed by atoms with Crippen molar-refractivity contribution in [2.24, 2.45) is 5.92 Å². The lowest BCUT2D eigenvalue weighted by atomic mass is 9.96. The number of ether oxygens (including phenoxy) is 1. The summed E-state index contributed by atoms with van der Waals surface area (Å²) in [5, 5.41) is 5.78. The lowest BCUT2D eigenvalue weighted by molar-refractivity contribution is 0.0183. The Balaban J connectivity index is 1.65. The monoisotopic (exact) mass is 338 g/mol. The predicted molar refractivity (Wildman–Crippen MR) is 96.0 cm³/mol. The van der Waals surface area contributed by atoms with Gasteiger partial charge in [0, 0.05) is 24.0 Å². The number of rotatable bonds is 5. The second kappa shape index (κ2) is 8.15. The Hall–Kier alpha value is -1.07. The Morgan fingerprint density at radius 1 is 1.43 bits per heavy atom. The molecule has 0 aliphatic carbocycles. The second-order valence-corrected chi connectivity index (χ2v) is 8.54. The van der Waals surface area contributed by atoms with Gasteiger partial charge in [0.2, 0.25) is 0 Å². The average molecular weight is 339 g/mol.